The first-order chi connectivity index (χ1) is 16.9. The summed E-state index contributed by atoms with van der Waals surface area (Å²) in [6, 6.07) is 9.66. The van der Waals surface area contributed by atoms with Crippen LogP contribution in [0.3, 0.4) is 0 Å². The van der Waals surface area contributed by atoms with Gasteiger partial charge in [-0.2, -0.15) is 0 Å². The van der Waals surface area contributed by atoms with E-state index in [0.29, 0.717) is 47.9 Å². The number of aromatic nitrogens is 2. The largest absolute Gasteiger partial charge is 0.354 e. The Morgan fingerprint density at radius 2 is 1.86 bits per heavy atom. The molecule has 2 heterocycles. The van der Waals surface area contributed by atoms with Crippen LogP contribution in [0.5, 0.6) is 0 Å². The minimum atomic E-state index is -0.0664. The van der Waals surface area contributed by atoms with Gasteiger partial charge in [-0.3, -0.25) is 9.59 Å². The zero-order chi connectivity index (χ0) is 26.5. The molecule has 0 radical (unpaired) electrons. The van der Waals surface area contributed by atoms with Gasteiger partial charge >= 0.3 is 0 Å². The highest BCUT2D eigenvalue weighted by Gasteiger charge is 2.29. The lowest BCUT2D eigenvalue weighted by Gasteiger charge is -2.40. The maximum atomic E-state index is 13.2. The molecule has 0 aliphatic carbocycles. The van der Waals surface area contributed by atoms with Gasteiger partial charge in [0.05, 0.1) is 5.75 Å². The molecule has 36 heavy (non-hydrogen) atoms. The minimum Gasteiger partial charge on any atom is -0.354 e. The standard InChI is InChI=1S/C26H37ClN6O2S/c1-18-16-32(13-14-33(18)24(35)19-7-9-20(10-8-19)26(2,3)4)22-15-21(27)29-25(30-22)36-17-23(34)28-11-12-31(5)6/h7-10,15,18H,11-14,16-17H2,1-6H3,(H,28,34). The van der Waals surface area contributed by atoms with E-state index in [0.717, 1.165) is 6.54 Å². The van der Waals surface area contributed by atoms with E-state index in [9.17, 15) is 9.59 Å². The molecule has 196 valence electrons. The van der Waals surface area contributed by atoms with E-state index in [-0.39, 0.29) is 29.0 Å². The van der Waals surface area contributed by atoms with Crippen LogP contribution >= 0.6 is 23.4 Å². The van der Waals surface area contributed by atoms with Gasteiger partial charge in [-0.05, 0) is 44.1 Å². The van der Waals surface area contributed by atoms with Crippen molar-refractivity contribution < 1.29 is 9.59 Å². The Balaban J connectivity index is 1.60. The number of benzene rings is 1. The summed E-state index contributed by atoms with van der Waals surface area (Å²) in [5.74, 6) is 0.905. The normalized spacial score (nSPS) is 16.4. The average molecular weight is 533 g/mol. The summed E-state index contributed by atoms with van der Waals surface area (Å²) in [7, 11) is 3.92. The summed E-state index contributed by atoms with van der Waals surface area (Å²) in [6.45, 7) is 11.8. The molecule has 1 aliphatic heterocycles. The van der Waals surface area contributed by atoms with E-state index in [2.05, 4.69) is 41.0 Å². The average Bonchev–Trinajstić information content (AvgIpc) is 2.81. The second kappa shape index (κ2) is 12.3. The predicted octanol–water partition coefficient (Wildman–Crippen LogP) is 3.55. The number of nitrogens with one attached hydrogen (secondary N) is 1. The summed E-state index contributed by atoms with van der Waals surface area (Å²) in [6.07, 6.45) is 0. The Kier molecular flexibility index (Phi) is 9.60. The highest BCUT2D eigenvalue weighted by molar-refractivity contribution is 7.99. The zero-order valence-electron chi connectivity index (χ0n) is 22.0. The Bertz CT molecular complexity index is 1060. The van der Waals surface area contributed by atoms with E-state index in [1.807, 2.05) is 55.1 Å². The first-order valence-corrected chi connectivity index (χ1v) is 13.6. The van der Waals surface area contributed by atoms with Gasteiger partial charge in [-0.15, -0.1) is 0 Å². The number of anilines is 1. The topological polar surface area (TPSA) is 81.7 Å². The predicted molar refractivity (Wildman–Crippen MR) is 147 cm³/mol. The maximum Gasteiger partial charge on any atom is 0.254 e. The van der Waals surface area contributed by atoms with Gasteiger partial charge in [0, 0.05) is 50.4 Å². The number of hydrogen-bond donors (Lipinski definition) is 1. The van der Waals surface area contributed by atoms with Crippen molar-refractivity contribution in [2.75, 3.05) is 57.5 Å². The summed E-state index contributed by atoms with van der Waals surface area (Å²) in [4.78, 5) is 40.3. The molecule has 1 N–H and O–H groups in total. The Labute approximate surface area is 223 Å². The lowest BCUT2D eigenvalue weighted by Crippen LogP contribution is -2.54. The number of hydrogen-bond acceptors (Lipinski definition) is 7. The van der Waals surface area contributed by atoms with Crippen LogP contribution in [0.25, 0.3) is 0 Å². The molecule has 8 nitrogen and oxygen atoms in total. The van der Waals surface area contributed by atoms with Crippen LogP contribution in [0.2, 0.25) is 5.15 Å². The van der Waals surface area contributed by atoms with Crippen molar-refractivity contribution in [3.8, 4) is 0 Å². The van der Waals surface area contributed by atoms with Crippen molar-refractivity contribution >= 4 is 41.0 Å². The fourth-order valence-corrected chi connectivity index (χ4v) is 4.87. The van der Waals surface area contributed by atoms with Gasteiger partial charge in [0.2, 0.25) is 5.91 Å². The third kappa shape index (κ3) is 7.82. The number of thioether (sulfide) groups is 1. The monoisotopic (exact) mass is 532 g/mol. The molecular formula is C26H37ClN6O2S. The lowest BCUT2D eigenvalue weighted by molar-refractivity contribution is -0.118. The quantitative estimate of drug-likeness (QED) is 0.316. The van der Waals surface area contributed by atoms with E-state index >= 15 is 0 Å². The molecule has 3 rings (SSSR count). The number of rotatable bonds is 8. The summed E-state index contributed by atoms with van der Waals surface area (Å²) in [5.41, 5.74) is 1.96. The second-order valence-corrected chi connectivity index (χ2v) is 11.7. The molecule has 2 aromatic rings. The molecule has 1 fully saturated rings. The molecule has 0 saturated carbocycles. The number of nitrogens with zero attached hydrogens (tertiary/aromatic N) is 5. The molecule has 10 heteroatoms. The number of amides is 2. The molecule has 1 aliphatic rings. The van der Waals surface area contributed by atoms with E-state index in [4.69, 9.17) is 11.6 Å². The number of carbonyl (C=O) groups is 2. The Morgan fingerprint density at radius 1 is 1.17 bits per heavy atom. The number of piperazine rings is 1. The van der Waals surface area contributed by atoms with Crippen molar-refractivity contribution in [1.82, 2.24) is 25.1 Å². The molecule has 1 unspecified atom stereocenters. The van der Waals surface area contributed by atoms with Crippen molar-refractivity contribution in [2.24, 2.45) is 0 Å². The van der Waals surface area contributed by atoms with Crippen LogP contribution in [0.1, 0.15) is 43.6 Å². The van der Waals surface area contributed by atoms with Crippen LogP contribution in [-0.2, 0) is 10.2 Å². The number of carbonyl (C=O) groups excluding carboxylic acids is 2. The molecule has 0 spiro atoms. The van der Waals surface area contributed by atoms with Crippen LogP contribution in [0, 0.1) is 0 Å². The summed E-state index contributed by atoms with van der Waals surface area (Å²) >= 11 is 7.54. The highest BCUT2D eigenvalue weighted by atomic mass is 35.5. The number of halogens is 1. The first kappa shape index (κ1) is 28.2. The third-order valence-electron chi connectivity index (χ3n) is 6.08. The molecule has 1 aromatic carbocycles. The SMILES string of the molecule is CC1CN(c2cc(Cl)nc(SCC(=O)NCCN(C)C)n2)CCN1C(=O)c1ccc(C(C)(C)C)cc1. The highest BCUT2D eigenvalue weighted by Crippen LogP contribution is 2.26. The van der Waals surface area contributed by atoms with Gasteiger partial charge in [-0.25, -0.2) is 9.97 Å². The van der Waals surface area contributed by atoms with E-state index in [1.165, 1.54) is 17.3 Å². The smallest absolute Gasteiger partial charge is 0.254 e. The van der Waals surface area contributed by atoms with Gasteiger partial charge in [0.25, 0.3) is 5.91 Å². The second-order valence-electron chi connectivity index (χ2n) is 10.4. The molecule has 1 atom stereocenters. The van der Waals surface area contributed by atoms with Crippen molar-refractivity contribution in [3.63, 3.8) is 0 Å². The molecule has 1 saturated heterocycles. The minimum absolute atomic E-state index is 0.000797. The zero-order valence-corrected chi connectivity index (χ0v) is 23.6. The fourth-order valence-electron chi connectivity index (χ4n) is 3.96. The molecule has 1 aromatic heterocycles. The van der Waals surface area contributed by atoms with E-state index < -0.39 is 0 Å². The molecule has 2 amide bonds. The van der Waals surface area contributed by atoms with Crippen LogP contribution in [-0.4, -0.2) is 90.2 Å². The lowest BCUT2D eigenvalue weighted by atomic mass is 9.86. The number of likely N-dealkylation sites (N-methyl/N-ethyl adjacent to an activating group) is 1. The third-order valence-corrected chi connectivity index (χ3v) is 7.13. The first-order valence-electron chi connectivity index (χ1n) is 12.2. The molecule has 0 bridgehead atoms. The van der Waals surface area contributed by atoms with Crippen molar-refractivity contribution in [3.05, 3.63) is 46.6 Å². The fraction of sp³-hybridized carbons (Fsp3) is 0.538. The summed E-state index contributed by atoms with van der Waals surface area (Å²) in [5, 5.41) is 3.68. The van der Waals surface area contributed by atoms with Gasteiger partial charge in [0.15, 0.2) is 5.16 Å². The van der Waals surface area contributed by atoms with Gasteiger partial charge < -0.3 is 20.0 Å². The van der Waals surface area contributed by atoms with Crippen LogP contribution in [0.15, 0.2) is 35.5 Å². The van der Waals surface area contributed by atoms with Gasteiger partial charge in [0.1, 0.15) is 11.0 Å². The van der Waals surface area contributed by atoms with Crippen molar-refractivity contribution in [2.45, 2.75) is 44.3 Å². The van der Waals surface area contributed by atoms with Crippen molar-refractivity contribution in [1.29, 1.82) is 0 Å². The van der Waals surface area contributed by atoms with Crippen LogP contribution < -0.4 is 10.2 Å². The Hall–Kier alpha value is -2.36. The van der Waals surface area contributed by atoms with Crippen LogP contribution in [0.4, 0.5) is 5.82 Å². The maximum absolute atomic E-state index is 13.2. The van der Waals surface area contributed by atoms with E-state index in [1.54, 1.807) is 6.07 Å². The van der Waals surface area contributed by atoms with Gasteiger partial charge in [-0.1, -0.05) is 56.3 Å². The molecular weight excluding hydrogens is 496 g/mol. The summed E-state index contributed by atoms with van der Waals surface area (Å²) < 4.78 is 0. The Morgan fingerprint density at radius 3 is 2.47 bits per heavy atom.